The van der Waals surface area contributed by atoms with E-state index < -0.39 is 72.5 Å². The van der Waals surface area contributed by atoms with E-state index in [4.69, 9.17) is 44.8 Å². The summed E-state index contributed by atoms with van der Waals surface area (Å²) >= 11 is 6.38. The van der Waals surface area contributed by atoms with E-state index in [0.29, 0.717) is 36.0 Å². The zero-order valence-corrected chi connectivity index (χ0v) is 33.5. The van der Waals surface area contributed by atoms with Gasteiger partial charge in [0, 0.05) is 39.0 Å². The van der Waals surface area contributed by atoms with Crippen LogP contribution in [0.15, 0.2) is 73.3 Å². The van der Waals surface area contributed by atoms with Gasteiger partial charge in [-0.3, -0.25) is 14.4 Å². The summed E-state index contributed by atoms with van der Waals surface area (Å²) in [6, 6.07) is 13.5. The predicted octanol–water partition coefficient (Wildman–Crippen LogP) is 5.64. The van der Waals surface area contributed by atoms with Crippen LogP contribution >= 0.6 is 11.6 Å². The highest BCUT2D eigenvalue weighted by atomic mass is 35.5. The first kappa shape index (κ1) is 44.4. The number of hydrogen-bond donors (Lipinski definition) is 2. The first-order chi connectivity index (χ1) is 26.9. The fourth-order valence-electron chi connectivity index (χ4n) is 6.57. The lowest BCUT2D eigenvalue weighted by Crippen LogP contribution is -2.49. The van der Waals surface area contributed by atoms with Gasteiger partial charge < -0.3 is 43.8 Å². The van der Waals surface area contributed by atoms with Gasteiger partial charge in [0.05, 0.1) is 30.8 Å². The topological polar surface area (TPSA) is 157 Å². The number of carbonyl (C=O) groups is 4. The molecule has 1 unspecified atom stereocenters. The summed E-state index contributed by atoms with van der Waals surface area (Å²) < 4.78 is 40.6. The van der Waals surface area contributed by atoms with Crippen molar-refractivity contribution in [2.24, 2.45) is 17.8 Å². The Kier molecular flexibility index (Phi) is 17.8. The van der Waals surface area contributed by atoms with E-state index in [1.165, 1.54) is 20.3 Å². The van der Waals surface area contributed by atoms with Gasteiger partial charge in [-0.2, -0.15) is 0 Å². The number of ether oxygens (including phenoxy) is 7. The molecule has 13 nitrogen and oxygen atoms in total. The third kappa shape index (κ3) is 13.2. The quantitative estimate of drug-likeness (QED) is 0.131. The standard InChI is InChI=1S/C42H55ClN2O11/c1-7-20-52-21-12-15-30-25-44-39(47)32(24-28-18-19-34(50-5)31(43)23-28)45-36(46)17-11-16-33(53-41(49)35(22-26(2)3)54-40(30)48)27(4)37-38(56-42(51-6)55-37)29-13-9-8-10-14-29/h7-11,13-14,17-19,23,26-27,30,32-33,35,37-38,42H,1,12,15-16,20-22,24-25H2,2-6H3,(H,44,47)(H,45,46)/b17-11+/t27-,30-,32+,33-,35-,37+,38+,42?/m0/s1. The number of rotatable bonds is 15. The van der Waals surface area contributed by atoms with Crippen LogP contribution in [-0.2, 0) is 54.0 Å². The zero-order chi connectivity index (χ0) is 40.6. The summed E-state index contributed by atoms with van der Waals surface area (Å²) in [5, 5.41) is 5.96. The van der Waals surface area contributed by atoms with Crippen molar-refractivity contribution in [2.45, 2.75) is 89.8 Å². The van der Waals surface area contributed by atoms with E-state index in [1.807, 2.05) is 51.1 Å². The van der Waals surface area contributed by atoms with Crippen molar-refractivity contribution in [1.82, 2.24) is 10.6 Å². The number of amides is 2. The van der Waals surface area contributed by atoms with Gasteiger partial charge in [0.15, 0.2) is 6.10 Å². The van der Waals surface area contributed by atoms with Crippen LogP contribution in [0.3, 0.4) is 0 Å². The Labute approximate surface area is 334 Å². The molecule has 0 radical (unpaired) electrons. The van der Waals surface area contributed by atoms with E-state index in [9.17, 15) is 19.2 Å². The summed E-state index contributed by atoms with van der Waals surface area (Å²) in [4.78, 5) is 55.1. The van der Waals surface area contributed by atoms with Crippen molar-refractivity contribution >= 4 is 35.4 Å². The zero-order valence-electron chi connectivity index (χ0n) is 32.8. The van der Waals surface area contributed by atoms with Gasteiger partial charge in [-0.05, 0) is 54.5 Å². The maximum atomic E-state index is 14.0. The minimum Gasteiger partial charge on any atom is -0.495 e. The summed E-state index contributed by atoms with van der Waals surface area (Å²) in [7, 11) is 2.97. The third-order valence-corrected chi connectivity index (χ3v) is 9.88. The van der Waals surface area contributed by atoms with Crippen LogP contribution in [0, 0.1) is 17.8 Å². The number of carbonyl (C=O) groups excluding carboxylic acids is 4. The molecule has 2 amide bonds. The second kappa shape index (κ2) is 22.5. The highest BCUT2D eigenvalue weighted by molar-refractivity contribution is 6.32. The van der Waals surface area contributed by atoms with Crippen molar-refractivity contribution in [3.05, 3.63) is 89.5 Å². The molecule has 14 heteroatoms. The summed E-state index contributed by atoms with van der Waals surface area (Å²) in [6.45, 7) is 8.93. The molecule has 2 heterocycles. The summed E-state index contributed by atoms with van der Waals surface area (Å²) in [6.07, 6.45) is 2.33. The van der Waals surface area contributed by atoms with Crippen molar-refractivity contribution in [2.75, 3.05) is 34.0 Å². The van der Waals surface area contributed by atoms with Crippen LogP contribution in [0.5, 0.6) is 5.75 Å². The average molecular weight is 799 g/mol. The number of cyclic esters (lactones) is 2. The molecule has 56 heavy (non-hydrogen) atoms. The number of benzene rings is 2. The average Bonchev–Trinajstić information content (AvgIpc) is 3.62. The van der Waals surface area contributed by atoms with Gasteiger partial charge in [-0.25, -0.2) is 4.79 Å². The van der Waals surface area contributed by atoms with E-state index in [2.05, 4.69) is 17.2 Å². The number of hydrogen-bond acceptors (Lipinski definition) is 11. The van der Waals surface area contributed by atoms with E-state index in [0.717, 1.165) is 5.56 Å². The summed E-state index contributed by atoms with van der Waals surface area (Å²) in [5.74, 6) is -3.40. The first-order valence-corrected chi connectivity index (χ1v) is 19.4. The lowest BCUT2D eigenvalue weighted by atomic mass is 9.89. The Hall–Kier alpha value is -4.27. The molecule has 0 spiro atoms. The van der Waals surface area contributed by atoms with Gasteiger partial charge in [-0.1, -0.05) is 80.9 Å². The normalized spacial score (nSPS) is 26.4. The maximum Gasteiger partial charge on any atom is 0.347 e. The molecular weight excluding hydrogens is 744 g/mol. The minimum atomic E-state index is -1.24. The van der Waals surface area contributed by atoms with Crippen LogP contribution in [0.2, 0.25) is 5.02 Å². The maximum absolute atomic E-state index is 14.0. The number of halogens is 1. The van der Waals surface area contributed by atoms with E-state index in [-0.39, 0.29) is 38.1 Å². The SMILES string of the molecule is C=CCOCCC[C@H]1CNC(=O)[C@@H](Cc2ccc(OC)c(Cl)c2)NC(=O)/C=C/C[C@@H]([C@H](C)[C@H]2OC(OC)O[C@@H]2c2ccccc2)OC(=O)[C@H](CC(C)C)OC1=O. The molecule has 2 aliphatic heterocycles. The molecule has 1 saturated heterocycles. The monoisotopic (exact) mass is 798 g/mol. The Morgan fingerprint density at radius 2 is 1.77 bits per heavy atom. The number of methoxy groups -OCH3 is 2. The second-order valence-electron chi connectivity index (χ2n) is 14.3. The smallest absolute Gasteiger partial charge is 0.347 e. The molecule has 2 aliphatic rings. The molecule has 8 atom stereocenters. The van der Waals surface area contributed by atoms with Gasteiger partial charge in [0.25, 0.3) is 6.48 Å². The molecule has 1 fully saturated rings. The van der Waals surface area contributed by atoms with Gasteiger partial charge in [0.2, 0.25) is 11.8 Å². The largest absolute Gasteiger partial charge is 0.495 e. The Bertz CT molecular complexity index is 1640. The minimum absolute atomic E-state index is 0.0421. The van der Waals surface area contributed by atoms with Crippen molar-refractivity contribution in [1.29, 1.82) is 0 Å². The van der Waals surface area contributed by atoms with Crippen LogP contribution in [-0.4, -0.2) is 88.6 Å². The lowest BCUT2D eigenvalue weighted by Gasteiger charge is -2.31. The van der Waals surface area contributed by atoms with Crippen LogP contribution in [0.25, 0.3) is 0 Å². The molecule has 2 aromatic carbocycles. The fraction of sp³-hybridized carbons (Fsp3) is 0.524. The Morgan fingerprint density at radius 1 is 1.00 bits per heavy atom. The van der Waals surface area contributed by atoms with Gasteiger partial charge >= 0.3 is 11.9 Å². The lowest BCUT2D eigenvalue weighted by molar-refractivity contribution is -0.233. The highest BCUT2D eigenvalue weighted by Crippen LogP contribution is 2.39. The number of nitrogens with one attached hydrogen (secondary N) is 2. The van der Waals surface area contributed by atoms with Gasteiger partial charge in [0.1, 0.15) is 24.0 Å². The molecule has 0 aliphatic carbocycles. The van der Waals surface area contributed by atoms with Crippen LogP contribution < -0.4 is 15.4 Å². The molecular formula is C42H55ClN2O11. The molecule has 0 aromatic heterocycles. The Morgan fingerprint density at radius 3 is 2.45 bits per heavy atom. The van der Waals surface area contributed by atoms with Crippen molar-refractivity contribution in [3.8, 4) is 5.75 Å². The molecule has 2 N–H and O–H groups in total. The Balaban J connectivity index is 1.68. The molecule has 2 aromatic rings. The van der Waals surface area contributed by atoms with Crippen molar-refractivity contribution in [3.63, 3.8) is 0 Å². The summed E-state index contributed by atoms with van der Waals surface area (Å²) in [5.41, 5.74) is 1.51. The van der Waals surface area contributed by atoms with Crippen molar-refractivity contribution < 1.29 is 52.3 Å². The predicted molar refractivity (Wildman–Crippen MR) is 208 cm³/mol. The molecule has 4 rings (SSSR count). The van der Waals surface area contributed by atoms with E-state index in [1.54, 1.807) is 30.4 Å². The number of esters is 2. The third-order valence-electron chi connectivity index (χ3n) is 9.58. The molecule has 0 saturated carbocycles. The molecule has 306 valence electrons. The highest BCUT2D eigenvalue weighted by Gasteiger charge is 2.44. The first-order valence-electron chi connectivity index (χ1n) is 19.0. The van der Waals surface area contributed by atoms with E-state index >= 15 is 0 Å². The second-order valence-corrected chi connectivity index (χ2v) is 14.7. The fourth-order valence-corrected chi connectivity index (χ4v) is 6.85. The molecule has 0 bridgehead atoms. The van der Waals surface area contributed by atoms with Crippen LogP contribution in [0.4, 0.5) is 0 Å². The van der Waals surface area contributed by atoms with Crippen LogP contribution in [0.1, 0.15) is 63.7 Å². The van der Waals surface area contributed by atoms with Gasteiger partial charge in [-0.15, -0.1) is 6.58 Å².